The summed E-state index contributed by atoms with van der Waals surface area (Å²) in [5, 5.41) is 10.1. The van der Waals surface area contributed by atoms with E-state index in [4.69, 9.17) is 0 Å². The van der Waals surface area contributed by atoms with E-state index in [1.807, 2.05) is 37.3 Å². The monoisotopic (exact) mass is 262 g/mol. The van der Waals surface area contributed by atoms with Crippen molar-refractivity contribution in [3.8, 4) is 0 Å². The first-order chi connectivity index (χ1) is 9.16. The zero-order valence-corrected chi connectivity index (χ0v) is 12.1. The summed E-state index contributed by atoms with van der Waals surface area (Å²) in [6, 6.07) is 9.24. The number of carbonyl (C=O) groups excluding carboxylic acids is 1. The van der Waals surface area contributed by atoms with Crippen LogP contribution in [0, 0.1) is 5.92 Å². The van der Waals surface area contributed by atoms with Gasteiger partial charge in [0.15, 0.2) is 5.78 Å². The molecule has 1 aromatic rings. The Bertz CT molecular complexity index is 359. The Balaban J connectivity index is 2.35. The van der Waals surface area contributed by atoms with Crippen LogP contribution in [0.2, 0.25) is 0 Å². The summed E-state index contributed by atoms with van der Waals surface area (Å²) < 4.78 is 0. The minimum absolute atomic E-state index is 0.0432. The van der Waals surface area contributed by atoms with E-state index in [9.17, 15) is 9.90 Å². The summed E-state index contributed by atoms with van der Waals surface area (Å²) in [5.41, 5.74) is 0.694. The molecule has 0 unspecified atom stereocenters. The van der Waals surface area contributed by atoms with Gasteiger partial charge in [0.05, 0.1) is 6.10 Å². The Hall–Kier alpha value is -1.15. The van der Waals surface area contributed by atoms with Gasteiger partial charge in [0.25, 0.3) is 0 Å². The third-order valence-corrected chi connectivity index (χ3v) is 3.65. The number of benzene rings is 1. The van der Waals surface area contributed by atoms with Gasteiger partial charge in [-0.15, -0.1) is 0 Å². The molecule has 0 amide bonds. The zero-order valence-electron chi connectivity index (χ0n) is 12.1. The first kappa shape index (κ1) is 15.9. The first-order valence-electron chi connectivity index (χ1n) is 7.44. The van der Waals surface area contributed by atoms with Gasteiger partial charge in [0.2, 0.25) is 0 Å². The zero-order chi connectivity index (χ0) is 14.1. The second-order valence-electron chi connectivity index (χ2n) is 5.29. The molecule has 0 spiro atoms. The van der Waals surface area contributed by atoms with Crippen molar-refractivity contribution in [3.05, 3.63) is 35.9 Å². The minimum atomic E-state index is -0.519. The number of rotatable bonds is 9. The van der Waals surface area contributed by atoms with Crippen LogP contribution in [0.15, 0.2) is 30.3 Å². The van der Waals surface area contributed by atoms with Gasteiger partial charge in [0, 0.05) is 11.5 Å². The molecule has 0 aromatic heterocycles. The number of Topliss-reactive ketones (excluding diaryl/α,β-unsaturated/α-hetero) is 1. The minimum Gasteiger partial charge on any atom is -0.392 e. The maximum Gasteiger partial charge on any atom is 0.168 e. The summed E-state index contributed by atoms with van der Waals surface area (Å²) in [6.07, 6.45) is 6.08. The molecule has 0 aliphatic heterocycles. The number of hydrogen-bond acceptors (Lipinski definition) is 2. The Labute approximate surface area is 116 Å². The molecule has 2 heteroatoms. The molecule has 0 bridgehead atoms. The molecule has 0 saturated heterocycles. The first-order valence-corrected chi connectivity index (χ1v) is 7.44. The van der Waals surface area contributed by atoms with Crippen LogP contribution >= 0.6 is 0 Å². The second-order valence-corrected chi connectivity index (χ2v) is 5.29. The van der Waals surface area contributed by atoms with Crippen LogP contribution < -0.4 is 0 Å². The van der Waals surface area contributed by atoms with Crippen LogP contribution in [0.3, 0.4) is 0 Å². The maximum absolute atomic E-state index is 12.2. The Morgan fingerprint density at radius 3 is 2.37 bits per heavy atom. The van der Waals surface area contributed by atoms with E-state index in [1.165, 1.54) is 19.3 Å². The van der Waals surface area contributed by atoms with E-state index in [2.05, 4.69) is 6.92 Å². The van der Waals surface area contributed by atoms with Gasteiger partial charge < -0.3 is 5.11 Å². The van der Waals surface area contributed by atoms with Crippen molar-refractivity contribution >= 4 is 5.78 Å². The van der Waals surface area contributed by atoms with Crippen molar-refractivity contribution in [3.63, 3.8) is 0 Å². The quantitative estimate of drug-likeness (QED) is 0.534. The number of hydrogen-bond donors (Lipinski definition) is 1. The summed E-state index contributed by atoms with van der Waals surface area (Å²) in [4.78, 5) is 12.2. The lowest BCUT2D eigenvalue weighted by atomic mass is 9.91. The Morgan fingerprint density at radius 1 is 1.11 bits per heavy atom. The molecule has 2 nitrogen and oxygen atoms in total. The molecule has 0 heterocycles. The van der Waals surface area contributed by atoms with Crippen molar-refractivity contribution < 1.29 is 9.90 Å². The van der Waals surface area contributed by atoms with Gasteiger partial charge in [-0.1, -0.05) is 76.3 Å². The summed E-state index contributed by atoms with van der Waals surface area (Å²) in [7, 11) is 0. The van der Waals surface area contributed by atoms with Crippen molar-refractivity contribution in [1.29, 1.82) is 0 Å². The highest BCUT2D eigenvalue weighted by Crippen LogP contribution is 2.17. The smallest absolute Gasteiger partial charge is 0.168 e. The number of aliphatic hydroxyl groups excluding tert-OH is 1. The fourth-order valence-corrected chi connectivity index (χ4v) is 2.25. The van der Waals surface area contributed by atoms with E-state index in [0.717, 1.165) is 19.3 Å². The predicted octanol–water partition coefficient (Wildman–Crippen LogP) is 4.23. The molecule has 0 fully saturated rings. The molecule has 1 aromatic carbocycles. The topological polar surface area (TPSA) is 37.3 Å². The van der Waals surface area contributed by atoms with Crippen LogP contribution in [-0.2, 0) is 0 Å². The Kier molecular flexibility index (Phi) is 7.42. The van der Waals surface area contributed by atoms with Crippen molar-refractivity contribution in [2.45, 2.75) is 58.5 Å². The second kappa shape index (κ2) is 8.87. The third-order valence-electron chi connectivity index (χ3n) is 3.65. The maximum atomic E-state index is 12.2. The number of aliphatic hydroxyl groups is 1. The molecule has 1 N–H and O–H groups in total. The van der Waals surface area contributed by atoms with Crippen molar-refractivity contribution in [2.75, 3.05) is 0 Å². The van der Waals surface area contributed by atoms with Crippen LogP contribution in [0.1, 0.15) is 62.7 Å². The normalized spacial score (nSPS) is 14.1. The van der Waals surface area contributed by atoms with Gasteiger partial charge in [-0.25, -0.2) is 0 Å². The molecule has 0 aliphatic rings. The van der Waals surface area contributed by atoms with E-state index < -0.39 is 6.10 Å². The molecule has 0 aliphatic carbocycles. The molecule has 19 heavy (non-hydrogen) atoms. The Morgan fingerprint density at radius 2 is 1.74 bits per heavy atom. The molecule has 1 rings (SSSR count). The lowest BCUT2D eigenvalue weighted by Crippen LogP contribution is -2.25. The van der Waals surface area contributed by atoms with E-state index >= 15 is 0 Å². The number of carbonyl (C=O) groups is 1. The fraction of sp³-hybridized carbons (Fsp3) is 0.588. The standard InChI is InChI=1S/C17H26O2/c1-3-4-5-6-10-13-16(18)14(2)17(19)15-11-8-7-9-12-15/h7-9,11-12,14,16,18H,3-6,10,13H2,1-2H3/t14-,16+/m1/s1. The van der Waals surface area contributed by atoms with Crippen molar-refractivity contribution in [1.82, 2.24) is 0 Å². The number of unbranched alkanes of at least 4 members (excludes halogenated alkanes) is 4. The highest BCUT2D eigenvalue weighted by molar-refractivity contribution is 5.97. The summed E-state index contributed by atoms with van der Waals surface area (Å²) in [5.74, 6) is -0.268. The molecule has 2 atom stereocenters. The third kappa shape index (κ3) is 5.56. The average Bonchev–Trinajstić information content (AvgIpc) is 2.46. The molecular weight excluding hydrogens is 236 g/mol. The van der Waals surface area contributed by atoms with Crippen LogP contribution in [-0.4, -0.2) is 17.0 Å². The molecule has 106 valence electrons. The van der Waals surface area contributed by atoms with Crippen LogP contribution in [0.4, 0.5) is 0 Å². The van der Waals surface area contributed by atoms with Crippen LogP contribution in [0.5, 0.6) is 0 Å². The van der Waals surface area contributed by atoms with Gasteiger partial charge in [-0.05, 0) is 6.42 Å². The van der Waals surface area contributed by atoms with E-state index in [1.54, 1.807) is 0 Å². The highest BCUT2D eigenvalue weighted by Gasteiger charge is 2.22. The van der Waals surface area contributed by atoms with Gasteiger partial charge in [0.1, 0.15) is 0 Å². The molecule has 0 radical (unpaired) electrons. The van der Waals surface area contributed by atoms with Gasteiger partial charge in [-0.3, -0.25) is 4.79 Å². The fourth-order valence-electron chi connectivity index (χ4n) is 2.25. The molecular formula is C17H26O2. The highest BCUT2D eigenvalue weighted by atomic mass is 16.3. The van der Waals surface area contributed by atoms with Crippen molar-refractivity contribution in [2.24, 2.45) is 5.92 Å². The summed E-state index contributed by atoms with van der Waals surface area (Å²) >= 11 is 0. The SMILES string of the molecule is CCCCCCC[C@H](O)[C@@H](C)C(=O)c1ccccc1. The van der Waals surface area contributed by atoms with Gasteiger partial charge in [-0.2, -0.15) is 0 Å². The van der Waals surface area contributed by atoms with Crippen LogP contribution in [0.25, 0.3) is 0 Å². The number of ketones is 1. The largest absolute Gasteiger partial charge is 0.392 e. The van der Waals surface area contributed by atoms with E-state index in [-0.39, 0.29) is 11.7 Å². The lowest BCUT2D eigenvalue weighted by Gasteiger charge is -2.17. The molecule has 0 saturated carbocycles. The summed E-state index contributed by atoms with van der Waals surface area (Å²) in [6.45, 7) is 4.02. The lowest BCUT2D eigenvalue weighted by molar-refractivity contribution is 0.0683. The van der Waals surface area contributed by atoms with E-state index in [0.29, 0.717) is 5.56 Å². The average molecular weight is 262 g/mol. The van der Waals surface area contributed by atoms with Gasteiger partial charge >= 0.3 is 0 Å². The predicted molar refractivity (Wildman–Crippen MR) is 79.3 cm³/mol.